The monoisotopic (exact) mass is 510 g/mol. The fraction of sp³-hybridized carbons (Fsp3) is 0.346. The number of aromatic amines is 1. The van der Waals surface area contributed by atoms with Crippen molar-refractivity contribution in [3.63, 3.8) is 0 Å². The number of esters is 1. The number of halogens is 1. The van der Waals surface area contributed by atoms with E-state index in [0.29, 0.717) is 30.2 Å². The van der Waals surface area contributed by atoms with Gasteiger partial charge in [-0.25, -0.2) is 14.9 Å². The molecule has 0 aliphatic heterocycles. The molecule has 0 bridgehead atoms. The Morgan fingerprint density at radius 3 is 2.36 bits per heavy atom. The molecule has 2 aromatic carbocycles. The summed E-state index contributed by atoms with van der Waals surface area (Å²) in [5.74, 6) is 0.871. The zero-order valence-electron chi connectivity index (χ0n) is 20.9. The van der Waals surface area contributed by atoms with E-state index in [9.17, 15) is 9.90 Å². The first-order chi connectivity index (χ1) is 16.8. The van der Waals surface area contributed by atoms with Crippen molar-refractivity contribution in [1.29, 1.82) is 0 Å². The first-order valence-corrected chi connectivity index (χ1v) is 11.7. The number of aryl methyl sites for hydroxylation is 1. The molecule has 0 aliphatic carbocycles. The Balaban J connectivity index is 0.00000361. The second-order valence-electron chi connectivity index (χ2n) is 8.83. The van der Waals surface area contributed by atoms with Gasteiger partial charge >= 0.3 is 5.97 Å². The summed E-state index contributed by atoms with van der Waals surface area (Å²) in [7, 11) is 0. The summed E-state index contributed by atoms with van der Waals surface area (Å²) in [5, 5.41) is 25.0. The molecule has 0 saturated heterocycles. The third-order valence-electron chi connectivity index (χ3n) is 5.70. The van der Waals surface area contributed by atoms with Crippen molar-refractivity contribution >= 4 is 18.4 Å². The molecule has 4 aromatic rings. The third-order valence-corrected chi connectivity index (χ3v) is 5.70. The molecule has 4 rings (SSSR count). The van der Waals surface area contributed by atoms with Gasteiger partial charge in [-0.3, -0.25) is 0 Å². The van der Waals surface area contributed by atoms with Crippen LogP contribution in [0.2, 0.25) is 0 Å². The van der Waals surface area contributed by atoms with Gasteiger partial charge in [0.15, 0.2) is 11.5 Å². The lowest BCUT2D eigenvalue weighted by Gasteiger charge is -2.17. The van der Waals surface area contributed by atoms with Gasteiger partial charge in [0, 0.05) is 18.5 Å². The molecular formula is C26H31ClN6O3. The molecule has 2 aromatic heterocycles. The van der Waals surface area contributed by atoms with Crippen molar-refractivity contribution in [2.24, 2.45) is 0 Å². The van der Waals surface area contributed by atoms with E-state index in [4.69, 9.17) is 4.74 Å². The summed E-state index contributed by atoms with van der Waals surface area (Å²) in [5.41, 5.74) is 3.28. The predicted octanol–water partition coefficient (Wildman–Crippen LogP) is 4.56. The fourth-order valence-electron chi connectivity index (χ4n) is 4.10. The number of tetrazole rings is 1. The minimum atomic E-state index is -1.28. The number of imidazole rings is 1. The molecule has 36 heavy (non-hydrogen) atoms. The maximum absolute atomic E-state index is 12.9. The number of nitrogens with zero attached hydrogens (tertiary/aromatic N) is 5. The van der Waals surface area contributed by atoms with Crippen LogP contribution in [0.1, 0.15) is 61.7 Å². The van der Waals surface area contributed by atoms with Gasteiger partial charge in [-0.15, -0.1) is 17.5 Å². The molecule has 0 radical (unpaired) electrons. The number of carbonyl (C=O) groups is 1. The Labute approximate surface area is 216 Å². The number of H-pyrrole nitrogens is 1. The van der Waals surface area contributed by atoms with Crippen LogP contribution >= 0.6 is 12.4 Å². The first kappa shape index (κ1) is 27.0. The second-order valence-corrected chi connectivity index (χ2v) is 8.83. The highest BCUT2D eigenvalue weighted by Gasteiger charge is 2.32. The standard InChI is InChI=1S/C26H30N6O3.ClH/c1-5-9-21-27-23(26(3,4)34)22(25(33)35-6-2)32(21)16-17-12-14-18(15-13-17)19-10-7-8-11-20(19)24-28-30-31-29-24;/h7-8,10-15,34H,5-6,9,16H2,1-4H3,(H,28,29,30,31);1H. The molecule has 0 spiro atoms. The lowest BCUT2D eigenvalue weighted by atomic mass is 9.98. The Morgan fingerprint density at radius 2 is 1.78 bits per heavy atom. The molecule has 0 atom stereocenters. The van der Waals surface area contributed by atoms with Gasteiger partial charge in [0.2, 0.25) is 0 Å². The zero-order chi connectivity index (χ0) is 25.0. The van der Waals surface area contributed by atoms with Crippen LogP contribution in [0, 0.1) is 0 Å². The molecule has 0 amide bonds. The van der Waals surface area contributed by atoms with Crippen molar-refractivity contribution in [2.45, 2.75) is 52.7 Å². The van der Waals surface area contributed by atoms with E-state index in [0.717, 1.165) is 34.5 Å². The summed E-state index contributed by atoms with van der Waals surface area (Å²) in [6.07, 6.45) is 1.54. The highest BCUT2D eigenvalue weighted by molar-refractivity contribution is 5.89. The highest BCUT2D eigenvalue weighted by Crippen LogP contribution is 2.31. The number of hydrogen-bond acceptors (Lipinski definition) is 7. The van der Waals surface area contributed by atoms with Crippen LogP contribution in [0.4, 0.5) is 0 Å². The molecule has 0 aliphatic rings. The van der Waals surface area contributed by atoms with Crippen molar-refractivity contribution in [1.82, 2.24) is 30.2 Å². The molecule has 190 valence electrons. The van der Waals surface area contributed by atoms with E-state index in [-0.39, 0.29) is 19.0 Å². The summed E-state index contributed by atoms with van der Waals surface area (Å²) in [6, 6.07) is 16.0. The zero-order valence-corrected chi connectivity index (χ0v) is 21.7. The number of benzene rings is 2. The maximum Gasteiger partial charge on any atom is 0.357 e. The van der Waals surface area contributed by atoms with Gasteiger partial charge in [0.25, 0.3) is 0 Å². The number of aliphatic hydroxyl groups is 1. The van der Waals surface area contributed by atoms with Gasteiger partial charge in [0.1, 0.15) is 17.1 Å². The lowest BCUT2D eigenvalue weighted by Crippen LogP contribution is -2.23. The van der Waals surface area contributed by atoms with Crippen LogP contribution in [0.15, 0.2) is 48.5 Å². The molecule has 0 fully saturated rings. The van der Waals surface area contributed by atoms with Gasteiger partial charge in [-0.05, 0) is 54.3 Å². The minimum Gasteiger partial charge on any atom is -0.461 e. The maximum atomic E-state index is 12.9. The smallest absolute Gasteiger partial charge is 0.357 e. The summed E-state index contributed by atoms with van der Waals surface area (Å²) < 4.78 is 7.20. The first-order valence-electron chi connectivity index (χ1n) is 11.7. The van der Waals surface area contributed by atoms with Crippen LogP contribution in [0.5, 0.6) is 0 Å². The quantitative estimate of drug-likeness (QED) is 0.317. The minimum absolute atomic E-state index is 0. The Hall–Kier alpha value is -3.56. The van der Waals surface area contributed by atoms with Crippen LogP contribution in [0.3, 0.4) is 0 Å². The van der Waals surface area contributed by atoms with Crippen LogP contribution in [-0.2, 0) is 23.3 Å². The third kappa shape index (κ3) is 5.63. The predicted molar refractivity (Wildman–Crippen MR) is 139 cm³/mol. The number of ether oxygens (including phenoxy) is 1. The van der Waals surface area contributed by atoms with E-state index < -0.39 is 11.6 Å². The van der Waals surface area contributed by atoms with Crippen molar-refractivity contribution in [3.05, 3.63) is 71.3 Å². The molecule has 2 heterocycles. The Kier molecular flexibility index (Phi) is 8.60. The van der Waals surface area contributed by atoms with Crippen LogP contribution in [0.25, 0.3) is 22.5 Å². The fourth-order valence-corrected chi connectivity index (χ4v) is 4.10. The van der Waals surface area contributed by atoms with Gasteiger partial charge in [-0.2, -0.15) is 0 Å². The molecule has 0 unspecified atom stereocenters. The number of aromatic nitrogens is 6. The lowest BCUT2D eigenvalue weighted by molar-refractivity contribution is 0.0469. The SMILES string of the molecule is CCCc1nc(C(C)(C)O)c(C(=O)OCC)n1Cc1ccc(-c2ccccc2-c2nnn[nH]2)cc1.Cl. The van der Waals surface area contributed by atoms with Crippen molar-refractivity contribution < 1.29 is 14.6 Å². The van der Waals surface area contributed by atoms with E-state index in [1.807, 2.05) is 53.1 Å². The average molecular weight is 511 g/mol. The van der Waals surface area contributed by atoms with Crippen LogP contribution < -0.4 is 0 Å². The van der Waals surface area contributed by atoms with Crippen molar-refractivity contribution in [3.8, 4) is 22.5 Å². The number of hydrogen-bond donors (Lipinski definition) is 2. The van der Waals surface area contributed by atoms with E-state index in [1.54, 1.807) is 20.8 Å². The van der Waals surface area contributed by atoms with E-state index in [2.05, 4.69) is 32.5 Å². The summed E-state index contributed by atoms with van der Waals surface area (Å²) in [4.78, 5) is 17.6. The van der Waals surface area contributed by atoms with Gasteiger partial charge in [0.05, 0.1) is 6.61 Å². The number of rotatable bonds is 9. The number of carbonyl (C=O) groups excluding carboxylic acids is 1. The van der Waals surface area contributed by atoms with E-state index >= 15 is 0 Å². The molecular weight excluding hydrogens is 480 g/mol. The molecule has 0 saturated carbocycles. The highest BCUT2D eigenvalue weighted by atomic mass is 35.5. The summed E-state index contributed by atoms with van der Waals surface area (Å²) >= 11 is 0. The molecule has 2 N–H and O–H groups in total. The molecule has 10 heteroatoms. The van der Waals surface area contributed by atoms with Gasteiger partial charge < -0.3 is 14.4 Å². The van der Waals surface area contributed by atoms with E-state index in [1.165, 1.54) is 0 Å². The topological polar surface area (TPSA) is 119 Å². The average Bonchev–Trinajstić information content (AvgIpc) is 3.49. The van der Waals surface area contributed by atoms with Gasteiger partial charge in [-0.1, -0.05) is 55.5 Å². The largest absolute Gasteiger partial charge is 0.461 e. The summed E-state index contributed by atoms with van der Waals surface area (Å²) in [6.45, 7) is 7.76. The normalized spacial score (nSPS) is 11.2. The Morgan fingerprint density at radius 1 is 1.08 bits per heavy atom. The Bertz CT molecular complexity index is 1290. The van der Waals surface area contributed by atoms with Crippen LogP contribution in [-0.4, -0.2) is 47.9 Å². The van der Waals surface area contributed by atoms with Crippen molar-refractivity contribution in [2.75, 3.05) is 6.61 Å². The molecule has 9 nitrogen and oxygen atoms in total. The second kappa shape index (κ2) is 11.5. The number of nitrogens with one attached hydrogen (secondary N) is 1.